The number of aryl methyl sites for hydroxylation is 1. The molecule has 0 aromatic heterocycles. The maximum atomic E-state index is 10.6. The first kappa shape index (κ1) is 13.7. The molecular weight excluding hydrogens is 263 g/mol. The molecule has 4 saturated carbocycles. The Labute approximate surface area is 126 Å². The Morgan fingerprint density at radius 1 is 1.00 bits per heavy atom. The van der Waals surface area contributed by atoms with Gasteiger partial charge in [-0.25, -0.2) is 0 Å². The summed E-state index contributed by atoms with van der Waals surface area (Å²) in [5, 5.41) is 29.7. The molecule has 0 radical (unpaired) electrons. The number of benzene rings is 1. The average Bonchev–Trinajstić information content (AvgIpc) is 2.39. The highest BCUT2D eigenvalue weighted by Crippen LogP contribution is 2.61. The molecule has 4 heteroatoms. The largest absolute Gasteiger partial charge is 0.508 e. The number of hydrogen-bond acceptors (Lipinski definition) is 3. The predicted octanol–water partition coefficient (Wildman–Crippen LogP) is 1.85. The summed E-state index contributed by atoms with van der Waals surface area (Å²) in [5.74, 6) is 2.54. The van der Waals surface area contributed by atoms with Crippen molar-refractivity contribution < 1.29 is 15.2 Å². The number of aromatic hydroxyl groups is 1. The lowest BCUT2D eigenvalue weighted by atomic mass is 9.47. The lowest BCUT2D eigenvalue weighted by molar-refractivity contribution is -0.00610. The van der Waals surface area contributed by atoms with Crippen molar-refractivity contribution in [1.29, 1.82) is 0 Å². The molecule has 0 unspecified atom stereocenters. The summed E-state index contributed by atoms with van der Waals surface area (Å²) >= 11 is 0. The molecular formula is C17H23BO3. The van der Waals surface area contributed by atoms with Gasteiger partial charge in [0.1, 0.15) is 5.75 Å². The van der Waals surface area contributed by atoms with Crippen LogP contribution in [0.2, 0.25) is 0 Å². The van der Waals surface area contributed by atoms with Gasteiger partial charge in [0.15, 0.2) is 0 Å². The Morgan fingerprint density at radius 2 is 1.52 bits per heavy atom. The summed E-state index contributed by atoms with van der Waals surface area (Å²) < 4.78 is 0. The average molecular weight is 286 g/mol. The lowest BCUT2D eigenvalue weighted by Crippen LogP contribution is -2.49. The SMILES string of the molecule is Cc1cc(B(O)O)c(O)c(C23CC4CC(CC(C4)C2)C3)c1. The van der Waals surface area contributed by atoms with Gasteiger partial charge < -0.3 is 15.2 Å². The fraction of sp³-hybridized carbons (Fsp3) is 0.647. The van der Waals surface area contributed by atoms with E-state index in [2.05, 4.69) is 6.07 Å². The fourth-order valence-corrected chi connectivity index (χ4v) is 5.85. The second-order valence-electron chi connectivity index (χ2n) is 7.82. The van der Waals surface area contributed by atoms with Crippen molar-refractivity contribution >= 4 is 12.6 Å². The topological polar surface area (TPSA) is 60.7 Å². The molecule has 5 rings (SSSR count). The van der Waals surface area contributed by atoms with Crippen LogP contribution in [0.15, 0.2) is 12.1 Å². The summed E-state index contributed by atoms with van der Waals surface area (Å²) in [5.41, 5.74) is 2.32. The van der Waals surface area contributed by atoms with Gasteiger partial charge in [0.05, 0.1) is 0 Å². The first-order valence-electron chi connectivity index (χ1n) is 8.17. The molecule has 3 N–H and O–H groups in total. The number of hydrogen-bond donors (Lipinski definition) is 3. The van der Waals surface area contributed by atoms with E-state index in [1.165, 1.54) is 19.3 Å². The zero-order chi connectivity index (χ0) is 14.8. The Morgan fingerprint density at radius 3 is 2.00 bits per heavy atom. The second-order valence-corrected chi connectivity index (χ2v) is 7.82. The summed E-state index contributed by atoms with van der Waals surface area (Å²) in [4.78, 5) is 0. The van der Waals surface area contributed by atoms with E-state index in [0.29, 0.717) is 0 Å². The van der Waals surface area contributed by atoms with Crippen molar-refractivity contribution in [2.45, 2.75) is 50.9 Å². The van der Waals surface area contributed by atoms with Crippen molar-refractivity contribution in [3.05, 3.63) is 23.3 Å². The quantitative estimate of drug-likeness (QED) is 0.727. The van der Waals surface area contributed by atoms with Gasteiger partial charge in [-0.3, -0.25) is 0 Å². The molecule has 4 fully saturated rings. The molecule has 3 nitrogen and oxygen atoms in total. The molecule has 1 aromatic rings. The summed E-state index contributed by atoms with van der Waals surface area (Å²) in [6, 6.07) is 3.76. The third kappa shape index (κ3) is 2.03. The number of rotatable bonds is 2. The minimum Gasteiger partial charge on any atom is -0.508 e. The standard InChI is InChI=1S/C17H23BO3/c1-10-2-14(16(19)15(3-10)18(20)21)17-7-11-4-12(8-17)6-13(5-11)9-17/h2-3,11-13,19-21H,4-9H2,1H3. The molecule has 1 aromatic carbocycles. The molecule has 0 aliphatic heterocycles. The van der Waals surface area contributed by atoms with Crippen LogP contribution in [0.5, 0.6) is 5.75 Å². The molecule has 0 amide bonds. The fourth-order valence-electron chi connectivity index (χ4n) is 5.85. The molecule has 0 heterocycles. The van der Waals surface area contributed by atoms with Gasteiger partial charge >= 0.3 is 7.12 Å². The van der Waals surface area contributed by atoms with E-state index >= 15 is 0 Å². The highest BCUT2D eigenvalue weighted by molar-refractivity contribution is 6.59. The first-order valence-corrected chi connectivity index (χ1v) is 8.17. The molecule has 21 heavy (non-hydrogen) atoms. The van der Waals surface area contributed by atoms with Gasteiger partial charge in [-0.2, -0.15) is 0 Å². The number of phenols is 1. The highest BCUT2D eigenvalue weighted by Gasteiger charge is 2.52. The van der Waals surface area contributed by atoms with E-state index < -0.39 is 7.12 Å². The first-order chi connectivity index (χ1) is 9.97. The molecule has 4 aliphatic rings. The van der Waals surface area contributed by atoms with Gasteiger partial charge in [-0.05, 0) is 74.2 Å². The monoisotopic (exact) mass is 286 g/mol. The molecule has 4 bridgehead atoms. The van der Waals surface area contributed by atoms with Crippen LogP contribution in [0.4, 0.5) is 0 Å². The maximum Gasteiger partial charge on any atom is 0.492 e. The van der Waals surface area contributed by atoms with E-state index in [1.807, 2.05) is 6.92 Å². The van der Waals surface area contributed by atoms with Gasteiger partial charge in [0.2, 0.25) is 0 Å². The van der Waals surface area contributed by atoms with Crippen LogP contribution in [-0.4, -0.2) is 22.3 Å². The zero-order valence-electron chi connectivity index (χ0n) is 12.5. The van der Waals surface area contributed by atoms with E-state index in [1.54, 1.807) is 6.07 Å². The molecule has 112 valence electrons. The molecule has 4 aliphatic carbocycles. The van der Waals surface area contributed by atoms with Crippen LogP contribution in [0.25, 0.3) is 0 Å². The van der Waals surface area contributed by atoms with Gasteiger partial charge in [-0.1, -0.05) is 17.7 Å². The summed E-state index contributed by atoms with van der Waals surface area (Å²) in [6.07, 6.45) is 7.58. The van der Waals surface area contributed by atoms with Gasteiger partial charge in [-0.15, -0.1) is 0 Å². The maximum absolute atomic E-state index is 10.6. The van der Waals surface area contributed by atoms with Crippen molar-refractivity contribution in [2.75, 3.05) is 0 Å². The minimum atomic E-state index is -1.60. The van der Waals surface area contributed by atoms with E-state index in [4.69, 9.17) is 0 Å². The van der Waals surface area contributed by atoms with Crippen molar-refractivity contribution in [3.8, 4) is 5.75 Å². The normalized spacial score (nSPS) is 37.0. The van der Waals surface area contributed by atoms with Crippen molar-refractivity contribution in [2.24, 2.45) is 17.8 Å². The third-order valence-electron chi connectivity index (χ3n) is 6.17. The van der Waals surface area contributed by atoms with Gasteiger partial charge in [0, 0.05) is 5.46 Å². The van der Waals surface area contributed by atoms with Crippen molar-refractivity contribution in [3.63, 3.8) is 0 Å². The Balaban J connectivity index is 1.83. The van der Waals surface area contributed by atoms with Crippen LogP contribution in [-0.2, 0) is 5.41 Å². The minimum absolute atomic E-state index is 0.0779. The smallest absolute Gasteiger partial charge is 0.492 e. The van der Waals surface area contributed by atoms with Crippen LogP contribution >= 0.6 is 0 Å². The zero-order valence-corrected chi connectivity index (χ0v) is 12.5. The molecule has 0 saturated heterocycles. The van der Waals surface area contributed by atoms with Crippen LogP contribution in [0, 0.1) is 24.7 Å². The Kier molecular flexibility index (Phi) is 2.93. The Hall–Kier alpha value is -0.995. The van der Waals surface area contributed by atoms with Crippen molar-refractivity contribution in [1.82, 2.24) is 0 Å². The number of phenolic OH excluding ortho intramolecular Hbond substituents is 1. The van der Waals surface area contributed by atoms with Gasteiger partial charge in [0.25, 0.3) is 0 Å². The highest BCUT2D eigenvalue weighted by atomic mass is 16.4. The van der Waals surface area contributed by atoms with Crippen LogP contribution in [0.1, 0.15) is 49.7 Å². The lowest BCUT2D eigenvalue weighted by Gasteiger charge is -2.57. The molecule has 0 spiro atoms. The third-order valence-corrected chi connectivity index (χ3v) is 6.17. The molecule has 0 atom stereocenters. The summed E-state index contributed by atoms with van der Waals surface area (Å²) in [7, 11) is -1.60. The summed E-state index contributed by atoms with van der Waals surface area (Å²) in [6.45, 7) is 1.97. The predicted molar refractivity (Wildman–Crippen MR) is 82.5 cm³/mol. The van der Waals surface area contributed by atoms with Crippen LogP contribution < -0.4 is 5.46 Å². The Bertz CT molecular complexity index is 546. The van der Waals surface area contributed by atoms with Crippen LogP contribution in [0.3, 0.4) is 0 Å². The van der Waals surface area contributed by atoms with E-state index in [9.17, 15) is 15.2 Å². The second kappa shape index (κ2) is 4.50. The van der Waals surface area contributed by atoms with E-state index in [-0.39, 0.29) is 16.6 Å². The van der Waals surface area contributed by atoms with E-state index in [0.717, 1.165) is 48.1 Å².